The summed E-state index contributed by atoms with van der Waals surface area (Å²) < 4.78 is 0.0930. The molecule has 118 valence electrons. The van der Waals surface area contributed by atoms with Crippen molar-refractivity contribution in [1.29, 1.82) is 0 Å². The summed E-state index contributed by atoms with van der Waals surface area (Å²) in [5.74, 6) is 0.677. The molecule has 2 N–H and O–H groups in total. The lowest BCUT2D eigenvalue weighted by atomic mass is 9.93. The highest BCUT2D eigenvalue weighted by Crippen LogP contribution is 2.23. The maximum absolute atomic E-state index is 11.9. The summed E-state index contributed by atoms with van der Waals surface area (Å²) in [4.78, 5) is 11.9. The van der Waals surface area contributed by atoms with Gasteiger partial charge in [0, 0.05) is 17.2 Å². The van der Waals surface area contributed by atoms with Crippen LogP contribution in [0.15, 0.2) is 30.3 Å². The smallest absolute Gasteiger partial charge is 0.230 e. The second-order valence-electron chi connectivity index (χ2n) is 6.40. The lowest BCUT2D eigenvalue weighted by molar-refractivity contribution is -0.118. The van der Waals surface area contributed by atoms with Gasteiger partial charge < -0.3 is 10.4 Å². The SMILES string of the molecule is CC(O)CC(CNC(=O)CSC(C)(C)C)c1ccccc1. The molecular formula is C17H27NO2S. The van der Waals surface area contributed by atoms with Crippen molar-refractivity contribution in [2.24, 2.45) is 0 Å². The highest BCUT2D eigenvalue weighted by Gasteiger charge is 2.17. The summed E-state index contributed by atoms with van der Waals surface area (Å²) in [5, 5.41) is 12.6. The summed E-state index contributed by atoms with van der Waals surface area (Å²) >= 11 is 1.64. The highest BCUT2D eigenvalue weighted by atomic mass is 32.2. The van der Waals surface area contributed by atoms with Crippen LogP contribution in [-0.2, 0) is 4.79 Å². The maximum Gasteiger partial charge on any atom is 0.230 e. The topological polar surface area (TPSA) is 49.3 Å². The zero-order valence-corrected chi connectivity index (χ0v) is 14.2. The number of aliphatic hydroxyl groups is 1. The molecule has 0 aromatic heterocycles. The van der Waals surface area contributed by atoms with Crippen LogP contribution in [0.5, 0.6) is 0 Å². The van der Waals surface area contributed by atoms with Gasteiger partial charge in [-0.25, -0.2) is 0 Å². The van der Waals surface area contributed by atoms with Crippen molar-refractivity contribution in [2.75, 3.05) is 12.3 Å². The van der Waals surface area contributed by atoms with E-state index in [0.717, 1.165) is 5.56 Å². The van der Waals surface area contributed by atoms with E-state index in [-0.39, 0.29) is 22.7 Å². The number of amides is 1. The van der Waals surface area contributed by atoms with Gasteiger partial charge in [-0.15, -0.1) is 11.8 Å². The Morgan fingerprint density at radius 2 is 1.90 bits per heavy atom. The monoisotopic (exact) mass is 309 g/mol. The standard InChI is InChI=1S/C17H27NO2S/c1-13(19)10-15(14-8-6-5-7-9-14)11-18-16(20)12-21-17(2,3)4/h5-9,13,15,19H,10-12H2,1-4H3,(H,18,20). The molecule has 21 heavy (non-hydrogen) atoms. The third-order valence-corrected chi connectivity index (χ3v) is 4.35. The quantitative estimate of drug-likeness (QED) is 0.813. The molecule has 0 heterocycles. The first-order valence-corrected chi connectivity index (χ1v) is 8.40. The van der Waals surface area contributed by atoms with Gasteiger partial charge in [0.05, 0.1) is 11.9 Å². The average molecular weight is 309 g/mol. The van der Waals surface area contributed by atoms with Gasteiger partial charge >= 0.3 is 0 Å². The minimum atomic E-state index is -0.379. The van der Waals surface area contributed by atoms with E-state index >= 15 is 0 Å². The third-order valence-electron chi connectivity index (χ3n) is 3.08. The van der Waals surface area contributed by atoms with Crippen LogP contribution < -0.4 is 5.32 Å². The lowest BCUT2D eigenvalue weighted by Gasteiger charge is -2.21. The number of hydrogen-bond donors (Lipinski definition) is 2. The van der Waals surface area contributed by atoms with E-state index in [1.54, 1.807) is 18.7 Å². The number of rotatable bonds is 7. The molecule has 2 atom stereocenters. The first-order chi connectivity index (χ1) is 9.78. The second kappa shape index (κ2) is 8.44. The van der Waals surface area contributed by atoms with Crippen molar-refractivity contribution < 1.29 is 9.90 Å². The number of thioether (sulfide) groups is 1. The fourth-order valence-corrected chi connectivity index (χ4v) is 2.71. The van der Waals surface area contributed by atoms with Gasteiger partial charge in [0.25, 0.3) is 0 Å². The van der Waals surface area contributed by atoms with Crippen LogP contribution >= 0.6 is 11.8 Å². The van der Waals surface area contributed by atoms with Crippen LogP contribution in [0.25, 0.3) is 0 Å². The van der Waals surface area contributed by atoms with Crippen molar-refractivity contribution in [3.63, 3.8) is 0 Å². The first kappa shape index (κ1) is 18.1. The minimum absolute atomic E-state index is 0.0569. The van der Waals surface area contributed by atoms with Gasteiger partial charge in [-0.1, -0.05) is 51.1 Å². The summed E-state index contributed by atoms with van der Waals surface area (Å²) in [6.07, 6.45) is 0.271. The summed E-state index contributed by atoms with van der Waals surface area (Å²) in [5.41, 5.74) is 1.15. The predicted octanol–water partition coefficient (Wildman–Crippen LogP) is 3.19. The molecule has 1 amide bonds. The zero-order chi connectivity index (χ0) is 15.9. The third kappa shape index (κ3) is 8.12. The highest BCUT2D eigenvalue weighted by molar-refractivity contribution is 8.01. The molecule has 0 aliphatic rings. The van der Waals surface area contributed by atoms with Crippen LogP contribution in [0, 0.1) is 0 Å². The van der Waals surface area contributed by atoms with E-state index in [9.17, 15) is 9.90 Å². The van der Waals surface area contributed by atoms with Crippen molar-refractivity contribution in [3.05, 3.63) is 35.9 Å². The van der Waals surface area contributed by atoms with Crippen LogP contribution in [-0.4, -0.2) is 34.2 Å². The number of carbonyl (C=O) groups excluding carboxylic acids is 1. The maximum atomic E-state index is 11.9. The normalized spacial score (nSPS) is 14.5. The number of hydrogen-bond acceptors (Lipinski definition) is 3. The number of nitrogens with one attached hydrogen (secondary N) is 1. The molecule has 0 spiro atoms. The summed E-state index contributed by atoms with van der Waals surface area (Å²) in [6.45, 7) is 8.66. The molecule has 3 nitrogen and oxygen atoms in total. The van der Waals surface area contributed by atoms with Gasteiger partial charge in [0.1, 0.15) is 0 Å². The minimum Gasteiger partial charge on any atom is -0.393 e. The van der Waals surface area contributed by atoms with Crippen LogP contribution in [0.4, 0.5) is 0 Å². The van der Waals surface area contributed by atoms with Gasteiger partial charge in [0.2, 0.25) is 5.91 Å². The van der Waals surface area contributed by atoms with Gasteiger partial charge in [-0.05, 0) is 18.9 Å². The Morgan fingerprint density at radius 3 is 2.43 bits per heavy atom. The van der Waals surface area contributed by atoms with Crippen LogP contribution in [0.2, 0.25) is 0 Å². The predicted molar refractivity (Wildman–Crippen MR) is 90.7 cm³/mol. The van der Waals surface area contributed by atoms with Gasteiger partial charge in [0.15, 0.2) is 0 Å². The van der Waals surface area contributed by atoms with E-state index in [4.69, 9.17) is 0 Å². The number of aliphatic hydroxyl groups excluding tert-OH is 1. The van der Waals surface area contributed by atoms with Crippen molar-refractivity contribution in [1.82, 2.24) is 5.32 Å². The number of carbonyl (C=O) groups is 1. The van der Waals surface area contributed by atoms with Gasteiger partial charge in [-0.3, -0.25) is 4.79 Å². The molecule has 0 fully saturated rings. The van der Waals surface area contributed by atoms with E-state index in [0.29, 0.717) is 18.7 Å². The Morgan fingerprint density at radius 1 is 1.29 bits per heavy atom. The lowest BCUT2D eigenvalue weighted by Crippen LogP contribution is -2.32. The van der Waals surface area contributed by atoms with Gasteiger partial charge in [-0.2, -0.15) is 0 Å². The molecule has 1 aromatic carbocycles. The fraction of sp³-hybridized carbons (Fsp3) is 0.588. The molecule has 4 heteroatoms. The molecule has 1 rings (SSSR count). The van der Waals surface area contributed by atoms with Crippen LogP contribution in [0.1, 0.15) is 45.6 Å². The largest absolute Gasteiger partial charge is 0.393 e. The van der Waals surface area contributed by atoms with E-state index in [1.807, 2.05) is 30.3 Å². The molecule has 1 aromatic rings. The Hall–Kier alpha value is -1.00. The van der Waals surface area contributed by atoms with E-state index < -0.39 is 0 Å². The fourth-order valence-electron chi connectivity index (χ4n) is 2.04. The molecular weight excluding hydrogens is 282 g/mol. The van der Waals surface area contributed by atoms with E-state index in [2.05, 4.69) is 26.1 Å². The Balaban J connectivity index is 2.52. The molecule has 0 aliphatic carbocycles. The Kier molecular flexibility index (Phi) is 7.26. The molecule has 2 unspecified atom stereocenters. The van der Waals surface area contributed by atoms with Crippen molar-refractivity contribution in [3.8, 4) is 0 Å². The van der Waals surface area contributed by atoms with Crippen LogP contribution in [0.3, 0.4) is 0 Å². The second-order valence-corrected chi connectivity index (χ2v) is 8.20. The average Bonchev–Trinajstić information content (AvgIpc) is 2.41. The van der Waals surface area contributed by atoms with Crippen molar-refractivity contribution >= 4 is 17.7 Å². The molecule has 0 saturated carbocycles. The molecule has 0 saturated heterocycles. The van der Waals surface area contributed by atoms with Crippen molar-refractivity contribution in [2.45, 2.75) is 50.9 Å². The molecule has 0 aliphatic heterocycles. The molecule has 0 bridgehead atoms. The Bertz CT molecular complexity index is 426. The summed E-state index contributed by atoms with van der Waals surface area (Å²) in [6, 6.07) is 10.0. The Labute approximate surface area is 132 Å². The first-order valence-electron chi connectivity index (χ1n) is 7.41. The summed E-state index contributed by atoms with van der Waals surface area (Å²) in [7, 11) is 0. The molecule has 0 radical (unpaired) electrons. The number of benzene rings is 1. The zero-order valence-electron chi connectivity index (χ0n) is 13.4. The van der Waals surface area contributed by atoms with E-state index in [1.165, 1.54) is 0 Å².